The van der Waals surface area contributed by atoms with Crippen LogP contribution in [0, 0.1) is 6.92 Å². The number of pyridine rings is 1. The third-order valence-electron chi connectivity index (χ3n) is 5.69. The molecule has 0 unspecified atom stereocenters. The summed E-state index contributed by atoms with van der Waals surface area (Å²) in [5, 5.41) is 0. The van der Waals surface area contributed by atoms with E-state index in [1.54, 1.807) is 6.20 Å². The van der Waals surface area contributed by atoms with E-state index in [9.17, 15) is 4.79 Å². The number of aryl methyl sites for hydroxylation is 1. The van der Waals surface area contributed by atoms with Gasteiger partial charge in [0.1, 0.15) is 11.6 Å². The Labute approximate surface area is 189 Å². The first-order chi connectivity index (χ1) is 15.1. The number of rotatable bonds is 3. The van der Waals surface area contributed by atoms with Gasteiger partial charge in [0.2, 0.25) is 0 Å². The number of piperazine rings is 1. The number of hydrogen-bond acceptors (Lipinski definition) is 4. The summed E-state index contributed by atoms with van der Waals surface area (Å²) in [5.74, 6) is 1.90. The highest BCUT2D eigenvalue weighted by Crippen LogP contribution is 2.23. The highest BCUT2D eigenvalue weighted by molar-refractivity contribution is 9.10. The Kier molecular flexibility index (Phi) is 5.19. The number of fused-ring (bicyclic) bond motifs is 1. The van der Waals surface area contributed by atoms with Crippen LogP contribution in [-0.2, 0) is 0 Å². The van der Waals surface area contributed by atoms with Crippen molar-refractivity contribution in [2.75, 3.05) is 31.1 Å². The summed E-state index contributed by atoms with van der Waals surface area (Å²) in [7, 11) is 0. The number of imidazole rings is 1. The second-order valence-electron chi connectivity index (χ2n) is 7.65. The smallest absolute Gasteiger partial charge is 0.254 e. The van der Waals surface area contributed by atoms with E-state index in [1.165, 1.54) is 0 Å². The maximum atomic E-state index is 13.1. The summed E-state index contributed by atoms with van der Waals surface area (Å²) in [4.78, 5) is 26.4. The number of anilines is 1. The quantitative estimate of drug-likeness (QED) is 0.439. The number of benzene rings is 2. The normalized spacial score (nSPS) is 14.3. The van der Waals surface area contributed by atoms with Gasteiger partial charge in [0, 0.05) is 48.1 Å². The first kappa shape index (κ1) is 19.8. The number of halogens is 1. The summed E-state index contributed by atoms with van der Waals surface area (Å²) in [6.07, 6.45) is 1.80. The zero-order valence-electron chi connectivity index (χ0n) is 17.2. The minimum atomic E-state index is 0.0530. The molecule has 156 valence electrons. The first-order valence-corrected chi connectivity index (χ1v) is 11.1. The van der Waals surface area contributed by atoms with Gasteiger partial charge in [-0.05, 0) is 65.3 Å². The Morgan fingerprint density at radius 3 is 2.45 bits per heavy atom. The van der Waals surface area contributed by atoms with Crippen LogP contribution in [0.5, 0.6) is 0 Å². The number of carbonyl (C=O) groups is 1. The number of aromatic nitrogens is 3. The molecule has 0 saturated carbocycles. The topological polar surface area (TPSA) is 54.3 Å². The molecule has 0 atom stereocenters. The van der Waals surface area contributed by atoms with E-state index in [0.717, 1.165) is 45.9 Å². The number of hydrogen-bond donors (Lipinski definition) is 0. The number of para-hydroxylation sites is 1. The summed E-state index contributed by atoms with van der Waals surface area (Å²) >= 11 is 3.42. The van der Waals surface area contributed by atoms with Crippen LogP contribution in [0.15, 0.2) is 71.3 Å². The monoisotopic (exact) mass is 475 g/mol. The number of nitrogens with zero attached hydrogens (tertiary/aromatic N) is 5. The second-order valence-corrected chi connectivity index (χ2v) is 8.56. The molecule has 4 aromatic rings. The van der Waals surface area contributed by atoms with E-state index >= 15 is 0 Å². The molecule has 7 heteroatoms. The summed E-state index contributed by atoms with van der Waals surface area (Å²) < 4.78 is 3.08. The van der Waals surface area contributed by atoms with Crippen LogP contribution in [0.1, 0.15) is 16.2 Å². The summed E-state index contributed by atoms with van der Waals surface area (Å²) in [6.45, 7) is 4.87. The van der Waals surface area contributed by atoms with Gasteiger partial charge in [0.25, 0.3) is 5.91 Å². The lowest BCUT2D eigenvalue weighted by atomic mass is 10.1. The van der Waals surface area contributed by atoms with Crippen molar-refractivity contribution in [3.05, 3.63) is 82.7 Å². The molecule has 3 heterocycles. The molecule has 1 aliphatic heterocycles. The van der Waals surface area contributed by atoms with Crippen molar-refractivity contribution in [1.82, 2.24) is 19.4 Å². The van der Waals surface area contributed by atoms with Gasteiger partial charge in [-0.2, -0.15) is 0 Å². The molecule has 6 nitrogen and oxygen atoms in total. The molecule has 0 aliphatic carbocycles. The van der Waals surface area contributed by atoms with E-state index in [2.05, 4.69) is 42.5 Å². The maximum Gasteiger partial charge on any atom is 0.254 e. The molecule has 0 bridgehead atoms. The third kappa shape index (κ3) is 3.81. The Morgan fingerprint density at radius 2 is 1.74 bits per heavy atom. The lowest BCUT2D eigenvalue weighted by Crippen LogP contribution is -2.49. The highest BCUT2D eigenvalue weighted by atomic mass is 79.9. The van der Waals surface area contributed by atoms with E-state index in [4.69, 9.17) is 4.98 Å². The lowest BCUT2D eigenvalue weighted by Gasteiger charge is -2.35. The van der Waals surface area contributed by atoms with Gasteiger partial charge in [-0.3, -0.25) is 9.36 Å². The van der Waals surface area contributed by atoms with Crippen LogP contribution in [0.2, 0.25) is 0 Å². The fourth-order valence-corrected chi connectivity index (χ4v) is 4.35. The molecular weight excluding hydrogens is 454 g/mol. The molecule has 1 saturated heterocycles. The predicted molar refractivity (Wildman–Crippen MR) is 126 cm³/mol. The van der Waals surface area contributed by atoms with Gasteiger partial charge < -0.3 is 9.80 Å². The molecule has 5 rings (SSSR count). The van der Waals surface area contributed by atoms with Crippen molar-refractivity contribution < 1.29 is 4.79 Å². The first-order valence-electron chi connectivity index (χ1n) is 10.3. The summed E-state index contributed by atoms with van der Waals surface area (Å²) in [5.41, 5.74) is 3.59. The van der Waals surface area contributed by atoms with Gasteiger partial charge in [0.05, 0.1) is 11.0 Å². The highest BCUT2D eigenvalue weighted by Gasteiger charge is 2.23. The van der Waals surface area contributed by atoms with E-state index in [0.29, 0.717) is 18.7 Å². The Bertz CT molecular complexity index is 1230. The van der Waals surface area contributed by atoms with Crippen molar-refractivity contribution in [3.63, 3.8) is 0 Å². The molecule has 1 amide bonds. The number of carbonyl (C=O) groups excluding carboxylic acids is 1. The van der Waals surface area contributed by atoms with Crippen LogP contribution in [0.25, 0.3) is 16.7 Å². The minimum absolute atomic E-state index is 0.0530. The molecule has 0 radical (unpaired) electrons. The fraction of sp³-hybridized carbons (Fsp3) is 0.208. The SMILES string of the molecule is Cc1nc2cc(C(=O)N3CCN(c4ccc(Br)cn4)CC3)ccc2n1-c1ccccc1. The largest absolute Gasteiger partial charge is 0.353 e. The predicted octanol–water partition coefficient (Wildman–Crippen LogP) is 4.45. The van der Waals surface area contributed by atoms with Gasteiger partial charge in [-0.15, -0.1) is 0 Å². The maximum absolute atomic E-state index is 13.1. The summed E-state index contributed by atoms with van der Waals surface area (Å²) in [6, 6.07) is 20.0. The van der Waals surface area contributed by atoms with Crippen molar-refractivity contribution in [2.24, 2.45) is 0 Å². The average Bonchev–Trinajstić information content (AvgIpc) is 3.14. The van der Waals surface area contributed by atoms with E-state index in [-0.39, 0.29) is 5.91 Å². The van der Waals surface area contributed by atoms with Crippen LogP contribution in [0.3, 0.4) is 0 Å². The molecular formula is C24H22BrN5O. The average molecular weight is 476 g/mol. The molecule has 31 heavy (non-hydrogen) atoms. The molecule has 0 N–H and O–H groups in total. The van der Waals surface area contributed by atoms with Gasteiger partial charge in [-0.25, -0.2) is 9.97 Å². The van der Waals surface area contributed by atoms with E-state index < -0.39 is 0 Å². The van der Waals surface area contributed by atoms with Gasteiger partial charge in [-0.1, -0.05) is 18.2 Å². The third-order valence-corrected chi connectivity index (χ3v) is 6.16. The molecule has 1 fully saturated rings. The lowest BCUT2D eigenvalue weighted by molar-refractivity contribution is 0.0746. The zero-order chi connectivity index (χ0) is 21.4. The van der Waals surface area contributed by atoms with Gasteiger partial charge in [0.15, 0.2) is 0 Å². The van der Waals surface area contributed by atoms with Crippen molar-refractivity contribution in [1.29, 1.82) is 0 Å². The Morgan fingerprint density at radius 1 is 0.968 bits per heavy atom. The standard InChI is InChI=1S/C24H22BrN5O/c1-17-27-21-15-18(7-9-22(21)30(17)20-5-3-2-4-6-20)24(31)29-13-11-28(12-14-29)23-10-8-19(25)16-26-23/h2-10,15-16H,11-14H2,1H3. The molecule has 0 spiro atoms. The molecule has 2 aromatic carbocycles. The van der Waals surface area contributed by atoms with Crippen LogP contribution in [-0.4, -0.2) is 51.5 Å². The van der Waals surface area contributed by atoms with Crippen molar-refractivity contribution in [2.45, 2.75) is 6.92 Å². The minimum Gasteiger partial charge on any atom is -0.353 e. The number of amides is 1. The van der Waals surface area contributed by atoms with Crippen LogP contribution >= 0.6 is 15.9 Å². The van der Waals surface area contributed by atoms with E-state index in [1.807, 2.05) is 60.4 Å². The Hall–Kier alpha value is -3.19. The molecule has 1 aliphatic rings. The zero-order valence-corrected chi connectivity index (χ0v) is 18.8. The fourth-order valence-electron chi connectivity index (χ4n) is 4.11. The van der Waals surface area contributed by atoms with Crippen molar-refractivity contribution in [3.8, 4) is 5.69 Å². The second kappa shape index (κ2) is 8.15. The van der Waals surface area contributed by atoms with Gasteiger partial charge >= 0.3 is 0 Å². The molecule has 2 aromatic heterocycles. The van der Waals surface area contributed by atoms with Crippen LogP contribution < -0.4 is 4.90 Å². The Balaban J connectivity index is 1.34. The van der Waals surface area contributed by atoms with Crippen LogP contribution in [0.4, 0.5) is 5.82 Å². The van der Waals surface area contributed by atoms with Crippen molar-refractivity contribution >= 4 is 38.7 Å².